The summed E-state index contributed by atoms with van der Waals surface area (Å²) in [5.74, 6) is 0.133. The Morgan fingerprint density at radius 2 is 2.04 bits per heavy atom. The topological polar surface area (TPSA) is 85.6 Å². The minimum Gasteiger partial charge on any atom is -0.299 e. The van der Waals surface area contributed by atoms with Gasteiger partial charge in [-0.15, -0.1) is 15.3 Å². The lowest BCUT2D eigenvalue weighted by atomic mass is 10.2. The third kappa shape index (κ3) is 3.07. The Morgan fingerprint density at radius 3 is 2.74 bits per heavy atom. The van der Waals surface area contributed by atoms with E-state index in [1.807, 2.05) is 45.0 Å². The summed E-state index contributed by atoms with van der Waals surface area (Å²) in [6.07, 6.45) is 0.606. The van der Waals surface area contributed by atoms with E-state index in [9.17, 15) is 4.79 Å². The first kappa shape index (κ1) is 15.5. The molecule has 0 saturated heterocycles. The first-order valence-corrected chi connectivity index (χ1v) is 8.36. The predicted molar refractivity (Wildman–Crippen MR) is 89.5 cm³/mol. The van der Waals surface area contributed by atoms with Crippen molar-refractivity contribution in [3.63, 3.8) is 0 Å². The molecule has 0 aliphatic rings. The van der Waals surface area contributed by atoms with Crippen LogP contribution in [0.3, 0.4) is 0 Å². The van der Waals surface area contributed by atoms with Crippen molar-refractivity contribution in [2.45, 2.75) is 39.2 Å². The molecular formula is C15H18N6OS. The van der Waals surface area contributed by atoms with Gasteiger partial charge in [-0.05, 0) is 18.6 Å². The number of hydrogen-bond acceptors (Lipinski definition) is 6. The molecule has 7 nitrogen and oxygen atoms in total. The van der Waals surface area contributed by atoms with Gasteiger partial charge >= 0.3 is 0 Å². The zero-order valence-electron chi connectivity index (χ0n) is 13.2. The Morgan fingerprint density at radius 1 is 1.26 bits per heavy atom. The monoisotopic (exact) mass is 330 g/mol. The molecule has 0 spiro atoms. The fourth-order valence-electron chi connectivity index (χ4n) is 2.29. The second kappa shape index (κ2) is 6.41. The van der Waals surface area contributed by atoms with Gasteiger partial charge in [-0.3, -0.25) is 10.1 Å². The Bertz CT molecular complexity index is 824. The lowest BCUT2D eigenvalue weighted by Gasteiger charge is -2.14. The Kier molecular flexibility index (Phi) is 4.33. The van der Waals surface area contributed by atoms with E-state index in [0.29, 0.717) is 17.5 Å². The number of benzene rings is 1. The molecule has 2 heterocycles. The third-order valence-electron chi connectivity index (χ3n) is 3.53. The summed E-state index contributed by atoms with van der Waals surface area (Å²) in [5.41, 5.74) is 1.62. The van der Waals surface area contributed by atoms with E-state index in [1.165, 1.54) is 11.3 Å². The minimum absolute atomic E-state index is 0.158. The van der Waals surface area contributed by atoms with Crippen LogP contribution in [0.25, 0.3) is 11.0 Å². The van der Waals surface area contributed by atoms with E-state index in [0.717, 1.165) is 16.0 Å². The molecule has 1 atom stereocenters. The van der Waals surface area contributed by atoms with Crippen LogP contribution in [0.5, 0.6) is 0 Å². The highest BCUT2D eigenvalue weighted by molar-refractivity contribution is 7.15. The van der Waals surface area contributed by atoms with Crippen molar-refractivity contribution >= 4 is 33.4 Å². The zero-order valence-corrected chi connectivity index (χ0v) is 14.0. The summed E-state index contributed by atoms with van der Waals surface area (Å²) in [7, 11) is 0. The molecule has 0 bridgehead atoms. The zero-order chi connectivity index (χ0) is 16.4. The van der Waals surface area contributed by atoms with Gasteiger partial charge in [0.2, 0.25) is 5.13 Å². The van der Waals surface area contributed by atoms with E-state index in [4.69, 9.17) is 0 Å². The van der Waals surface area contributed by atoms with E-state index < -0.39 is 6.04 Å². The summed E-state index contributed by atoms with van der Waals surface area (Å²) in [5, 5.41) is 20.6. The van der Waals surface area contributed by atoms with Gasteiger partial charge in [0, 0.05) is 5.92 Å². The minimum atomic E-state index is -0.436. The van der Waals surface area contributed by atoms with E-state index >= 15 is 0 Å². The van der Waals surface area contributed by atoms with Gasteiger partial charge in [-0.1, -0.05) is 49.5 Å². The number of nitrogens with one attached hydrogen (secondary N) is 1. The maximum atomic E-state index is 12.6. The summed E-state index contributed by atoms with van der Waals surface area (Å²) >= 11 is 1.40. The maximum Gasteiger partial charge on any atom is 0.251 e. The highest BCUT2D eigenvalue weighted by Gasteiger charge is 2.23. The fraction of sp³-hybridized carbons (Fsp3) is 0.400. The van der Waals surface area contributed by atoms with Crippen molar-refractivity contribution < 1.29 is 4.79 Å². The molecule has 1 amide bonds. The van der Waals surface area contributed by atoms with Crippen LogP contribution in [0.4, 0.5) is 5.13 Å². The molecule has 3 aromatic rings. The number of amides is 1. The number of anilines is 1. The molecular weight excluding hydrogens is 312 g/mol. The second-order valence-corrected chi connectivity index (χ2v) is 6.55. The van der Waals surface area contributed by atoms with Crippen LogP contribution in [0.1, 0.15) is 44.2 Å². The molecule has 120 valence electrons. The molecule has 1 aromatic carbocycles. The first-order valence-electron chi connectivity index (χ1n) is 7.54. The van der Waals surface area contributed by atoms with Crippen molar-refractivity contribution in [1.29, 1.82) is 0 Å². The van der Waals surface area contributed by atoms with Crippen LogP contribution >= 0.6 is 11.3 Å². The lowest BCUT2D eigenvalue weighted by molar-refractivity contribution is -0.119. The Balaban J connectivity index is 1.83. The number of para-hydroxylation sites is 1. The number of carbonyl (C=O) groups is 1. The molecule has 0 aliphatic carbocycles. The Hall–Kier alpha value is -2.35. The standard InChI is InChI=1S/C15H18N6OS/c1-4-11(21-12-8-6-5-7-10(12)17-20-21)13(22)16-15-19-18-14(23-15)9(2)3/h5-9,11H,4H2,1-3H3,(H,16,19,22). The first-order chi connectivity index (χ1) is 11.1. The molecule has 0 fully saturated rings. The van der Waals surface area contributed by atoms with Crippen molar-refractivity contribution in [3.8, 4) is 0 Å². The lowest BCUT2D eigenvalue weighted by Crippen LogP contribution is -2.26. The number of rotatable bonds is 5. The number of nitrogens with zero attached hydrogens (tertiary/aromatic N) is 5. The SMILES string of the molecule is CCC(C(=O)Nc1nnc(C(C)C)s1)n1nnc2ccccc21. The number of carbonyl (C=O) groups excluding carboxylic acids is 1. The molecule has 8 heteroatoms. The van der Waals surface area contributed by atoms with E-state index in [2.05, 4.69) is 25.8 Å². The normalized spacial score (nSPS) is 12.7. The summed E-state index contributed by atoms with van der Waals surface area (Å²) in [6.45, 7) is 6.03. The molecule has 3 rings (SSSR count). The molecule has 0 radical (unpaired) electrons. The molecule has 23 heavy (non-hydrogen) atoms. The smallest absolute Gasteiger partial charge is 0.251 e. The van der Waals surface area contributed by atoms with Gasteiger partial charge < -0.3 is 0 Å². The molecule has 1 N–H and O–H groups in total. The van der Waals surface area contributed by atoms with E-state index in [-0.39, 0.29) is 5.91 Å². The summed E-state index contributed by atoms with van der Waals surface area (Å²) in [6, 6.07) is 7.16. The Labute approximate surface area is 137 Å². The van der Waals surface area contributed by atoms with Gasteiger partial charge in [0.25, 0.3) is 5.91 Å². The average molecular weight is 330 g/mol. The van der Waals surface area contributed by atoms with Crippen LogP contribution in [-0.2, 0) is 4.79 Å². The number of aromatic nitrogens is 5. The van der Waals surface area contributed by atoms with Crippen LogP contribution < -0.4 is 5.32 Å². The molecule has 0 saturated carbocycles. The van der Waals surface area contributed by atoms with Crippen molar-refractivity contribution in [1.82, 2.24) is 25.2 Å². The highest BCUT2D eigenvalue weighted by Crippen LogP contribution is 2.24. The van der Waals surface area contributed by atoms with Crippen LogP contribution in [-0.4, -0.2) is 31.1 Å². The van der Waals surface area contributed by atoms with Gasteiger partial charge in [-0.2, -0.15) is 0 Å². The van der Waals surface area contributed by atoms with Crippen LogP contribution in [0.2, 0.25) is 0 Å². The van der Waals surface area contributed by atoms with Crippen molar-refractivity contribution in [3.05, 3.63) is 29.3 Å². The maximum absolute atomic E-state index is 12.6. The molecule has 2 aromatic heterocycles. The summed E-state index contributed by atoms with van der Waals surface area (Å²) in [4.78, 5) is 12.6. The average Bonchev–Trinajstić information content (AvgIpc) is 3.16. The number of hydrogen-bond donors (Lipinski definition) is 1. The van der Waals surface area contributed by atoms with Crippen molar-refractivity contribution in [2.75, 3.05) is 5.32 Å². The van der Waals surface area contributed by atoms with Crippen LogP contribution in [0.15, 0.2) is 24.3 Å². The predicted octanol–water partition coefficient (Wildman–Crippen LogP) is 3.00. The summed E-state index contributed by atoms with van der Waals surface area (Å²) < 4.78 is 1.66. The highest BCUT2D eigenvalue weighted by atomic mass is 32.1. The van der Waals surface area contributed by atoms with Gasteiger partial charge in [0.1, 0.15) is 16.6 Å². The quantitative estimate of drug-likeness (QED) is 0.777. The fourth-order valence-corrected chi connectivity index (χ4v) is 3.04. The molecule has 1 unspecified atom stereocenters. The number of fused-ring (bicyclic) bond motifs is 1. The van der Waals surface area contributed by atoms with E-state index in [1.54, 1.807) is 4.68 Å². The largest absolute Gasteiger partial charge is 0.299 e. The van der Waals surface area contributed by atoms with Crippen molar-refractivity contribution in [2.24, 2.45) is 0 Å². The third-order valence-corrected chi connectivity index (χ3v) is 4.67. The molecule has 0 aliphatic heterocycles. The second-order valence-electron chi connectivity index (χ2n) is 5.54. The van der Waals surface area contributed by atoms with Crippen LogP contribution in [0, 0.1) is 0 Å². The van der Waals surface area contributed by atoms with Gasteiger partial charge in [0.15, 0.2) is 0 Å². The van der Waals surface area contributed by atoms with Gasteiger partial charge in [-0.25, -0.2) is 4.68 Å². The van der Waals surface area contributed by atoms with Gasteiger partial charge in [0.05, 0.1) is 5.52 Å².